The lowest BCUT2D eigenvalue weighted by Crippen LogP contribution is -2.17. The summed E-state index contributed by atoms with van der Waals surface area (Å²) in [6.07, 6.45) is 3.80. The van der Waals surface area contributed by atoms with Crippen LogP contribution in [0.25, 0.3) is 20.4 Å². The van der Waals surface area contributed by atoms with Crippen molar-refractivity contribution in [2.45, 2.75) is 25.7 Å². The Morgan fingerprint density at radius 1 is 0.714 bits per heavy atom. The Morgan fingerprint density at radius 2 is 1.21 bits per heavy atom. The Labute approximate surface area is 170 Å². The van der Waals surface area contributed by atoms with Gasteiger partial charge in [0.05, 0.1) is 20.4 Å². The number of hydrogen-bond acceptors (Lipinski definition) is 8. The highest BCUT2D eigenvalue weighted by Gasteiger charge is 2.14. The molecule has 2 aromatic carbocycles. The van der Waals surface area contributed by atoms with E-state index in [9.17, 15) is 0 Å². The molecule has 0 unspecified atom stereocenters. The number of rotatable bonds is 4. The van der Waals surface area contributed by atoms with Crippen LogP contribution in [0.4, 0.5) is 10.3 Å². The zero-order valence-electron chi connectivity index (χ0n) is 15.1. The third-order valence-corrected chi connectivity index (χ3v) is 6.43. The Hall–Kier alpha value is -2.84. The van der Waals surface area contributed by atoms with Crippen molar-refractivity contribution in [2.24, 2.45) is 10.2 Å². The van der Waals surface area contributed by atoms with Gasteiger partial charge in [-0.2, -0.15) is 10.2 Å². The van der Waals surface area contributed by atoms with Gasteiger partial charge >= 0.3 is 0 Å². The summed E-state index contributed by atoms with van der Waals surface area (Å²) >= 11 is 3.23. The molecule has 0 spiro atoms. The molecule has 0 bridgehead atoms. The van der Waals surface area contributed by atoms with Crippen LogP contribution >= 0.6 is 22.7 Å². The molecule has 0 atom stereocenters. The number of benzene rings is 2. The molecular formula is C20H18N6S2. The Kier molecular flexibility index (Phi) is 4.72. The van der Waals surface area contributed by atoms with Crippen LogP contribution in [0.2, 0.25) is 0 Å². The van der Waals surface area contributed by atoms with Crippen molar-refractivity contribution in [2.75, 3.05) is 10.9 Å². The molecule has 1 saturated carbocycles. The first-order chi connectivity index (χ1) is 13.8. The highest BCUT2D eigenvalue weighted by atomic mass is 32.1. The molecule has 28 heavy (non-hydrogen) atoms. The number of thiazole rings is 2. The highest BCUT2D eigenvalue weighted by Crippen LogP contribution is 2.27. The second-order valence-electron chi connectivity index (χ2n) is 6.58. The smallest absolute Gasteiger partial charge is 0.204 e. The Bertz CT molecular complexity index is 1030. The number of nitrogens with one attached hydrogen (secondary N) is 2. The first-order valence-electron chi connectivity index (χ1n) is 9.17. The van der Waals surface area contributed by atoms with Gasteiger partial charge < -0.3 is 0 Å². The normalized spacial score (nSPS) is 17.6. The molecule has 1 aliphatic rings. The van der Waals surface area contributed by atoms with Crippen molar-refractivity contribution >= 4 is 64.8 Å². The minimum atomic E-state index is 0.774. The third kappa shape index (κ3) is 3.74. The molecule has 2 aromatic heterocycles. The number of aromatic nitrogens is 2. The molecule has 2 N–H and O–H groups in total. The van der Waals surface area contributed by atoms with Crippen LogP contribution in [0, 0.1) is 0 Å². The van der Waals surface area contributed by atoms with E-state index in [0.29, 0.717) is 0 Å². The lowest BCUT2D eigenvalue weighted by molar-refractivity contribution is 0.867. The van der Waals surface area contributed by atoms with E-state index in [1.807, 2.05) is 36.4 Å². The quantitative estimate of drug-likeness (QED) is 0.425. The molecule has 6 nitrogen and oxygen atoms in total. The average Bonchev–Trinajstić information content (AvgIpc) is 3.34. The van der Waals surface area contributed by atoms with Crippen LogP contribution in [-0.4, -0.2) is 21.4 Å². The first-order valence-corrected chi connectivity index (χ1v) is 10.8. The van der Waals surface area contributed by atoms with E-state index < -0.39 is 0 Å². The zero-order valence-corrected chi connectivity index (χ0v) is 16.7. The molecule has 5 rings (SSSR count). The lowest BCUT2D eigenvalue weighted by Gasteiger charge is -2.15. The predicted molar refractivity (Wildman–Crippen MR) is 120 cm³/mol. The van der Waals surface area contributed by atoms with E-state index in [-0.39, 0.29) is 0 Å². The predicted octanol–water partition coefficient (Wildman–Crippen LogP) is 5.72. The minimum absolute atomic E-state index is 0.774. The van der Waals surface area contributed by atoms with Crippen molar-refractivity contribution in [3.05, 3.63) is 48.5 Å². The molecule has 140 valence electrons. The summed E-state index contributed by atoms with van der Waals surface area (Å²) < 4.78 is 2.33. The largest absolute Gasteiger partial charge is 0.253 e. The van der Waals surface area contributed by atoms with Crippen molar-refractivity contribution in [1.29, 1.82) is 0 Å². The van der Waals surface area contributed by atoms with E-state index in [0.717, 1.165) is 67.8 Å². The number of nitrogens with zero attached hydrogens (tertiary/aromatic N) is 4. The summed E-state index contributed by atoms with van der Waals surface area (Å²) in [6.45, 7) is 0. The Balaban J connectivity index is 1.25. The van der Waals surface area contributed by atoms with Gasteiger partial charge in [-0.05, 0) is 43.5 Å². The molecule has 8 heteroatoms. The van der Waals surface area contributed by atoms with Crippen molar-refractivity contribution in [3.8, 4) is 0 Å². The first kappa shape index (κ1) is 17.3. The van der Waals surface area contributed by atoms with Crippen molar-refractivity contribution in [3.63, 3.8) is 0 Å². The number of hydrazone groups is 2. The molecule has 2 heterocycles. The van der Waals surface area contributed by atoms with E-state index in [1.165, 1.54) is 0 Å². The van der Waals surface area contributed by atoms with Crippen LogP contribution in [0.3, 0.4) is 0 Å². The molecule has 4 aromatic rings. The van der Waals surface area contributed by atoms with Crippen LogP contribution in [0.5, 0.6) is 0 Å². The maximum Gasteiger partial charge on any atom is 0.204 e. The maximum absolute atomic E-state index is 4.58. The van der Waals surface area contributed by atoms with Crippen molar-refractivity contribution < 1.29 is 0 Å². The summed E-state index contributed by atoms with van der Waals surface area (Å²) in [5.41, 5.74) is 10.5. The van der Waals surface area contributed by atoms with E-state index >= 15 is 0 Å². The molecule has 1 aliphatic carbocycles. The number of anilines is 2. The number of hydrogen-bond donors (Lipinski definition) is 2. The van der Waals surface area contributed by atoms with E-state index in [4.69, 9.17) is 0 Å². The van der Waals surface area contributed by atoms with Crippen LogP contribution in [0.15, 0.2) is 58.7 Å². The summed E-state index contributed by atoms with van der Waals surface area (Å²) in [4.78, 5) is 9.13. The van der Waals surface area contributed by atoms with Crippen LogP contribution < -0.4 is 10.9 Å². The fourth-order valence-electron chi connectivity index (χ4n) is 3.19. The zero-order chi connectivity index (χ0) is 18.8. The Morgan fingerprint density at radius 3 is 1.71 bits per heavy atom. The minimum Gasteiger partial charge on any atom is -0.253 e. The molecule has 0 amide bonds. The number of para-hydroxylation sites is 2. The second kappa shape index (κ2) is 7.65. The third-order valence-electron chi connectivity index (χ3n) is 4.55. The molecule has 0 radical (unpaired) electrons. The van der Waals surface area contributed by atoms with Gasteiger partial charge in [0.25, 0.3) is 0 Å². The SMILES string of the molecule is c1ccc2sc(N/N=C3\CCC/C(=N\Nc4nc5ccccc5s4)C3)nc2c1. The van der Waals surface area contributed by atoms with Gasteiger partial charge in [0.1, 0.15) is 0 Å². The van der Waals surface area contributed by atoms with Gasteiger partial charge in [-0.25, -0.2) is 9.97 Å². The van der Waals surface area contributed by atoms with E-state index in [1.54, 1.807) is 22.7 Å². The van der Waals surface area contributed by atoms with Gasteiger partial charge in [0, 0.05) is 17.8 Å². The summed E-state index contributed by atoms with van der Waals surface area (Å²) in [5.74, 6) is 0. The summed E-state index contributed by atoms with van der Waals surface area (Å²) in [6, 6.07) is 16.2. The monoisotopic (exact) mass is 406 g/mol. The number of fused-ring (bicyclic) bond motifs is 2. The van der Waals surface area contributed by atoms with Gasteiger partial charge in [-0.1, -0.05) is 46.9 Å². The van der Waals surface area contributed by atoms with Crippen LogP contribution in [-0.2, 0) is 0 Å². The topological polar surface area (TPSA) is 74.6 Å². The summed E-state index contributed by atoms with van der Waals surface area (Å²) in [7, 11) is 0. The van der Waals surface area contributed by atoms with E-state index in [2.05, 4.69) is 43.2 Å². The van der Waals surface area contributed by atoms with Crippen LogP contribution in [0.1, 0.15) is 25.7 Å². The van der Waals surface area contributed by atoms with Crippen molar-refractivity contribution in [1.82, 2.24) is 9.97 Å². The second-order valence-corrected chi connectivity index (χ2v) is 8.64. The molecular weight excluding hydrogens is 388 g/mol. The molecule has 0 saturated heterocycles. The fourth-order valence-corrected chi connectivity index (χ4v) is 4.81. The lowest BCUT2D eigenvalue weighted by atomic mass is 9.97. The van der Waals surface area contributed by atoms with Gasteiger partial charge in [-0.15, -0.1) is 0 Å². The standard InChI is InChI=1S/C20H18N6S2/c1-3-10-17-15(8-1)21-19(27-17)25-23-13-6-5-7-14(12-13)24-26-20-22-16-9-2-4-11-18(16)28-20/h1-4,8-11H,5-7,12H2,(H,21,25)(H,22,26)/b23-13+,24-14+. The fraction of sp³-hybridized carbons (Fsp3) is 0.200. The average molecular weight is 407 g/mol. The summed E-state index contributed by atoms with van der Waals surface area (Å²) in [5, 5.41) is 10.8. The molecule has 1 fully saturated rings. The molecule has 0 aliphatic heterocycles. The highest BCUT2D eigenvalue weighted by molar-refractivity contribution is 7.22. The van der Waals surface area contributed by atoms with Gasteiger partial charge in [-0.3, -0.25) is 10.9 Å². The van der Waals surface area contributed by atoms with Gasteiger partial charge in [0.2, 0.25) is 10.3 Å². The maximum atomic E-state index is 4.58. The van der Waals surface area contributed by atoms with Gasteiger partial charge in [0.15, 0.2) is 0 Å².